The molecular formula is C29H32N2O3. The first-order chi connectivity index (χ1) is 16.3. The first kappa shape index (κ1) is 23.6. The summed E-state index contributed by atoms with van der Waals surface area (Å²) >= 11 is 0. The average molecular weight is 457 g/mol. The third-order valence-electron chi connectivity index (χ3n) is 6.01. The summed E-state index contributed by atoms with van der Waals surface area (Å²) < 4.78 is 6.02. The maximum absolute atomic E-state index is 13.6. The van der Waals surface area contributed by atoms with Crippen LogP contribution in [0.2, 0.25) is 0 Å². The van der Waals surface area contributed by atoms with E-state index >= 15 is 0 Å². The van der Waals surface area contributed by atoms with Crippen LogP contribution in [-0.2, 0) is 9.59 Å². The molecule has 1 aliphatic heterocycles. The summed E-state index contributed by atoms with van der Waals surface area (Å²) in [6.45, 7) is 8.86. The zero-order valence-electron chi connectivity index (χ0n) is 20.2. The summed E-state index contributed by atoms with van der Waals surface area (Å²) in [5, 5.41) is 3.09. The molecule has 2 amide bonds. The van der Waals surface area contributed by atoms with E-state index in [1.165, 1.54) is 0 Å². The molecule has 3 aromatic rings. The lowest BCUT2D eigenvalue weighted by Crippen LogP contribution is -2.43. The number of rotatable bonds is 6. The van der Waals surface area contributed by atoms with Gasteiger partial charge >= 0.3 is 0 Å². The van der Waals surface area contributed by atoms with Crippen molar-refractivity contribution in [3.05, 3.63) is 90.0 Å². The van der Waals surface area contributed by atoms with Crippen LogP contribution in [-0.4, -0.2) is 25.0 Å². The van der Waals surface area contributed by atoms with Gasteiger partial charge in [-0.25, -0.2) is 0 Å². The molecule has 0 fully saturated rings. The Kier molecular flexibility index (Phi) is 6.73. The van der Waals surface area contributed by atoms with Gasteiger partial charge in [0.05, 0.1) is 17.0 Å². The second kappa shape index (κ2) is 9.72. The van der Waals surface area contributed by atoms with E-state index in [-0.39, 0.29) is 17.7 Å². The molecular weight excluding hydrogens is 424 g/mol. The SMILES string of the molecule is CC(C)CN1C(=O)C(C)(C)COc2ccc(NC(=O)C(c3ccccc3)c3ccccc3)cc21. The van der Waals surface area contributed by atoms with E-state index in [9.17, 15) is 9.59 Å². The van der Waals surface area contributed by atoms with Crippen LogP contribution in [0.4, 0.5) is 11.4 Å². The molecule has 0 atom stereocenters. The lowest BCUT2D eigenvalue weighted by molar-refractivity contribution is -0.127. The summed E-state index contributed by atoms with van der Waals surface area (Å²) in [6, 6.07) is 25.0. The molecule has 0 spiro atoms. The summed E-state index contributed by atoms with van der Waals surface area (Å²) in [7, 11) is 0. The van der Waals surface area contributed by atoms with Crippen molar-refractivity contribution < 1.29 is 14.3 Å². The highest BCUT2D eigenvalue weighted by molar-refractivity contribution is 6.02. The smallest absolute Gasteiger partial charge is 0.236 e. The molecule has 4 rings (SSSR count). The summed E-state index contributed by atoms with van der Waals surface area (Å²) in [5.41, 5.74) is 2.53. The highest BCUT2D eigenvalue weighted by Crippen LogP contribution is 2.39. The number of hydrogen-bond acceptors (Lipinski definition) is 3. The van der Waals surface area contributed by atoms with E-state index in [4.69, 9.17) is 4.74 Å². The van der Waals surface area contributed by atoms with Gasteiger partial charge in [0, 0.05) is 12.2 Å². The number of amides is 2. The maximum Gasteiger partial charge on any atom is 0.236 e. The van der Waals surface area contributed by atoms with E-state index in [0.29, 0.717) is 30.3 Å². The monoisotopic (exact) mass is 456 g/mol. The van der Waals surface area contributed by atoms with E-state index < -0.39 is 11.3 Å². The zero-order chi connectivity index (χ0) is 24.3. The van der Waals surface area contributed by atoms with Crippen molar-refractivity contribution in [3.63, 3.8) is 0 Å². The van der Waals surface area contributed by atoms with Crippen molar-refractivity contribution in [2.75, 3.05) is 23.4 Å². The van der Waals surface area contributed by atoms with Gasteiger partial charge in [-0.3, -0.25) is 9.59 Å². The van der Waals surface area contributed by atoms with Crippen LogP contribution in [0.25, 0.3) is 0 Å². The van der Waals surface area contributed by atoms with Gasteiger partial charge in [0.15, 0.2) is 0 Å². The molecule has 0 aromatic heterocycles. The fraction of sp³-hybridized carbons (Fsp3) is 0.310. The molecule has 3 aromatic carbocycles. The summed E-state index contributed by atoms with van der Waals surface area (Å²) in [4.78, 5) is 28.7. The minimum absolute atomic E-state index is 0.0230. The van der Waals surface area contributed by atoms with Crippen LogP contribution in [0.5, 0.6) is 5.75 Å². The van der Waals surface area contributed by atoms with E-state index in [2.05, 4.69) is 19.2 Å². The van der Waals surface area contributed by atoms with Gasteiger partial charge in [-0.1, -0.05) is 74.5 Å². The molecule has 1 aliphatic rings. The second-order valence-corrected chi connectivity index (χ2v) is 9.91. The topological polar surface area (TPSA) is 58.6 Å². The number of hydrogen-bond donors (Lipinski definition) is 1. The predicted octanol–water partition coefficient (Wildman–Crippen LogP) is 5.86. The molecule has 1 heterocycles. The fourth-order valence-electron chi connectivity index (χ4n) is 4.27. The number of nitrogens with one attached hydrogen (secondary N) is 1. The van der Waals surface area contributed by atoms with Crippen molar-refractivity contribution in [2.45, 2.75) is 33.6 Å². The van der Waals surface area contributed by atoms with Crippen molar-refractivity contribution in [1.29, 1.82) is 0 Å². The molecule has 5 nitrogen and oxygen atoms in total. The minimum atomic E-state index is -0.636. The first-order valence-electron chi connectivity index (χ1n) is 11.8. The standard InChI is InChI=1S/C29H32N2O3/c1-20(2)18-31-24-17-23(15-16-25(24)34-19-29(3,4)28(31)33)30-27(32)26(21-11-7-5-8-12-21)22-13-9-6-10-14-22/h5-17,20,26H,18-19H2,1-4H3,(H,30,32). The van der Waals surface area contributed by atoms with Crippen LogP contribution < -0.4 is 15.0 Å². The molecule has 1 N–H and O–H groups in total. The first-order valence-corrected chi connectivity index (χ1v) is 11.8. The highest BCUT2D eigenvalue weighted by atomic mass is 16.5. The normalized spacial score (nSPS) is 15.0. The quantitative estimate of drug-likeness (QED) is 0.505. The fourth-order valence-corrected chi connectivity index (χ4v) is 4.27. The van der Waals surface area contributed by atoms with Crippen LogP contribution in [0.1, 0.15) is 44.7 Å². The van der Waals surface area contributed by atoms with Crippen LogP contribution >= 0.6 is 0 Å². The van der Waals surface area contributed by atoms with Crippen LogP contribution in [0.3, 0.4) is 0 Å². The second-order valence-electron chi connectivity index (χ2n) is 9.91. The Balaban J connectivity index is 1.68. The van der Waals surface area contributed by atoms with Gasteiger partial charge in [-0.05, 0) is 49.1 Å². The molecule has 176 valence electrons. The van der Waals surface area contributed by atoms with Gasteiger partial charge in [-0.15, -0.1) is 0 Å². The molecule has 0 bridgehead atoms. The van der Waals surface area contributed by atoms with E-state index in [1.54, 1.807) is 4.90 Å². The van der Waals surface area contributed by atoms with E-state index in [0.717, 1.165) is 11.1 Å². The molecule has 0 saturated heterocycles. The number of ether oxygens (including phenoxy) is 1. The van der Waals surface area contributed by atoms with Crippen LogP contribution in [0.15, 0.2) is 78.9 Å². The Morgan fingerprint density at radius 2 is 1.56 bits per heavy atom. The maximum atomic E-state index is 13.6. The van der Waals surface area contributed by atoms with Crippen molar-refractivity contribution in [3.8, 4) is 5.75 Å². The number of nitrogens with zero attached hydrogens (tertiary/aromatic N) is 1. The van der Waals surface area contributed by atoms with Crippen LogP contribution in [0, 0.1) is 11.3 Å². The molecule has 34 heavy (non-hydrogen) atoms. The predicted molar refractivity (Wildman–Crippen MR) is 136 cm³/mol. The largest absolute Gasteiger partial charge is 0.490 e. The lowest BCUT2D eigenvalue weighted by atomic mass is 9.90. The third kappa shape index (κ3) is 4.98. The minimum Gasteiger partial charge on any atom is -0.490 e. The van der Waals surface area contributed by atoms with Crippen molar-refractivity contribution in [1.82, 2.24) is 0 Å². The Labute approximate surface area is 201 Å². The lowest BCUT2D eigenvalue weighted by Gasteiger charge is -2.29. The molecule has 5 heteroatoms. The zero-order valence-corrected chi connectivity index (χ0v) is 20.2. The van der Waals surface area contributed by atoms with Gasteiger partial charge in [0.2, 0.25) is 11.8 Å². The van der Waals surface area contributed by atoms with Gasteiger partial charge in [-0.2, -0.15) is 0 Å². The summed E-state index contributed by atoms with van der Waals surface area (Å²) in [6.07, 6.45) is 0. The Morgan fingerprint density at radius 3 is 2.12 bits per heavy atom. The third-order valence-corrected chi connectivity index (χ3v) is 6.01. The van der Waals surface area contributed by atoms with Gasteiger partial charge in [0.25, 0.3) is 0 Å². The number of anilines is 2. The number of carbonyl (C=O) groups excluding carboxylic acids is 2. The number of fused-ring (bicyclic) bond motifs is 1. The summed E-state index contributed by atoms with van der Waals surface area (Å²) in [5.74, 6) is 0.373. The molecule has 0 saturated carbocycles. The number of carbonyl (C=O) groups is 2. The molecule has 0 aliphatic carbocycles. The average Bonchev–Trinajstić information content (AvgIpc) is 2.90. The van der Waals surface area contributed by atoms with E-state index in [1.807, 2.05) is 92.7 Å². The van der Waals surface area contributed by atoms with Gasteiger partial charge < -0.3 is 15.0 Å². The highest BCUT2D eigenvalue weighted by Gasteiger charge is 2.38. The van der Waals surface area contributed by atoms with Gasteiger partial charge in [0.1, 0.15) is 12.4 Å². The van der Waals surface area contributed by atoms with Crippen molar-refractivity contribution >= 4 is 23.2 Å². The number of benzene rings is 3. The Hall–Kier alpha value is -3.60. The molecule has 0 unspecified atom stereocenters. The Bertz CT molecular complexity index is 1120. The van der Waals surface area contributed by atoms with Crippen molar-refractivity contribution in [2.24, 2.45) is 11.3 Å². The molecule has 0 radical (unpaired) electrons. The Morgan fingerprint density at radius 1 is 0.971 bits per heavy atom.